The molecule has 0 radical (unpaired) electrons. The van der Waals surface area contributed by atoms with Crippen LogP contribution in [0, 0.1) is 0 Å². The van der Waals surface area contributed by atoms with Gasteiger partial charge in [0.1, 0.15) is 6.20 Å². The monoisotopic (exact) mass is 201 g/mol. The molecule has 1 amide bonds. The van der Waals surface area contributed by atoms with E-state index >= 15 is 0 Å². The maximum absolute atomic E-state index is 11.3. The fraction of sp³-hybridized carbons (Fsp3) is 0.571. The summed E-state index contributed by atoms with van der Waals surface area (Å²) in [6, 6.07) is 0. The average Bonchev–Trinajstić information content (AvgIpc) is 2.72. The van der Waals surface area contributed by atoms with E-state index in [1.54, 1.807) is 0 Å². The number of hydrogen-bond acceptors (Lipinski definition) is 6. The number of aromatic nitrogens is 2. The lowest BCUT2D eigenvalue weighted by Gasteiger charge is -2.12. The third-order valence-corrected chi connectivity index (χ3v) is 1.55. The maximum atomic E-state index is 11.3. The van der Waals surface area contributed by atoms with Crippen LogP contribution in [0.4, 0.5) is 0 Å². The van der Waals surface area contributed by atoms with E-state index in [0.29, 0.717) is 0 Å². The number of amides is 1. The molecule has 7 heteroatoms. The van der Waals surface area contributed by atoms with Crippen LogP contribution in [-0.2, 0) is 9.47 Å². The summed E-state index contributed by atoms with van der Waals surface area (Å²) in [5.41, 5.74) is 0.121. The van der Waals surface area contributed by atoms with Crippen molar-refractivity contribution in [3.63, 3.8) is 0 Å². The van der Waals surface area contributed by atoms with E-state index < -0.39 is 6.29 Å². The quantitative estimate of drug-likeness (QED) is 0.641. The van der Waals surface area contributed by atoms with E-state index in [0.717, 1.165) is 0 Å². The lowest BCUT2D eigenvalue weighted by molar-refractivity contribution is -0.0974. The molecule has 1 rings (SSSR count). The zero-order valence-corrected chi connectivity index (χ0v) is 7.89. The Morgan fingerprint density at radius 3 is 2.86 bits per heavy atom. The van der Waals surface area contributed by atoms with Crippen molar-refractivity contribution in [3.8, 4) is 0 Å². The Kier molecular flexibility index (Phi) is 4.02. The third-order valence-electron chi connectivity index (χ3n) is 1.55. The molecule has 0 saturated carbocycles. The van der Waals surface area contributed by atoms with Gasteiger partial charge in [-0.2, -0.15) is 0 Å². The molecule has 1 N–H and O–H groups in total. The number of nitrogens with one attached hydrogen (secondary N) is 1. The second kappa shape index (κ2) is 5.30. The Morgan fingerprint density at radius 2 is 2.36 bits per heavy atom. The topological polar surface area (TPSA) is 86.5 Å². The number of hydrogen-bond donors (Lipinski definition) is 1. The predicted octanol–water partition coefficient (Wildman–Crippen LogP) is -0.582. The summed E-state index contributed by atoms with van der Waals surface area (Å²) in [7, 11) is 2.97. The summed E-state index contributed by atoms with van der Waals surface area (Å²) in [5.74, 6) is -0.384. The highest BCUT2D eigenvalue weighted by Crippen LogP contribution is 1.92. The maximum Gasteiger partial charge on any atom is 0.275 e. The minimum Gasteiger partial charge on any atom is -0.354 e. The first kappa shape index (κ1) is 10.6. The standard InChI is InChI=1S/C7H11N3O4/c1-12-6(13-2)4-8-7(11)5-3-9-14-10-5/h3,6H,4H2,1-2H3,(H,8,11). The van der Waals surface area contributed by atoms with Crippen LogP contribution < -0.4 is 5.32 Å². The number of carbonyl (C=O) groups is 1. The summed E-state index contributed by atoms with van der Waals surface area (Å²) in [6.07, 6.45) is 0.753. The van der Waals surface area contributed by atoms with Gasteiger partial charge in [0.15, 0.2) is 12.0 Å². The molecule has 7 nitrogen and oxygen atoms in total. The van der Waals surface area contributed by atoms with Crippen molar-refractivity contribution < 1.29 is 18.9 Å². The molecule has 0 spiro atoms. The van der Waals surface area contributed by atoms with Gasteiger partial charge in [0, 0.05) is 14.2 Å². The van der Waals surface area contributed by atoms with Gasteiger partial charge in [-0.25, -0.2) is 4.63 Å². The van der Waals surface area contributed by atoms with Crippen LogP contribution in [0.15, 0.2) is 10.8 Å². The molecule has 0 bridgehead atoms. The normalized spacial score (nSPS) is 10.5. The van der Waals surface area contributed by atoms with Gasteiger partial charge in [0.05, 0.1) is 6.54 Å². The summed E-state index contributed by atoms with van der Waals surface area (Å²) in [5, 5.41) is 9.20. The zero-order chi connectivity index (χ0) is 10.4. The molecule has 0 aliphatic carbocycles. The van der Waals surface area contributed by atoms with Gasteiger partial charge in [0.2, 0.25) is 0 Å². The Morgan fingerprint density at radius 1 is 1.64 bits per heavy atom. The largest absolute Gasteiger partial charge is 0.354 e. The molecule has 0 atom stereocenters. The Labute approximate surface area is 80.3 Å². The molecule has 0 unspecified atom stereocenters. The summed E-state index contributed by atoms with van der Waals surface area (Å²) >= 11 is 0. The molecule has 1 aromatic rings. The minimum atomic E-state index is -0.473. The lowest BCUT2D eigenvalue weighted by Crippen LogP contribution is -2.34. The van der Waals surface area contributed by atoms with E-state index in [1.165, 1.54) is 20.4 Å². The highest BCUT2D eigenvalue weighted by atomic mass is 16.7. The first-order valence-electron chi connectivity index (χ1n) is 3.89. The Hall–Kier alpha value is -1.47. The zero-order valence-electron chi connectivity index (χ0n) is 7.89. The van der Waals surface area contributed by atoms with Crippen molar-refractivity contribution in [2.24, 2.45) is 0 Å². The van der Waals surface area contributed by atoms with E-state index in [9.17, 15) is 4.79 Å². The van der Waals surface area contributed by atoms with Gasteiger partial charge in [0.25, 0.3) is 5.91 Å². The van der Waals surface area contributed by atoms with Crippen LogP contribution >= 0.6 is 0 Å². The predicted molar refractivity (Wildman–Crippen MR) is 44.4 cm³/mol. The number of ether oxygens (including phenoxy) is 2. The highest BCUT2D eigenvalue weighted by molar-refractivity contribution is 5.91. The molecular formula is C7H11N3O4. The summed E-state index contributed by atoms with van der Waals surface area (Å²) in [4.78, 5) is 11.3. The average molecular weight is 201 g/mol. The molecule has 14 heavy (non-hydrogen) atoms. The molecule has 1 aromatic heterocycles. The molecular weight excluding hydrogens is 190 g/mol. The van der Waals surface area contributed by atoms with Crippen LogP contribution in [0.5, 0.6) is 0 Å². The van der Waals surface area contributed by atoms with Gasteiger partial charge in [-0.05, 0) is 5.16 Å². The molecule has 78 valence electrons. The Balaban J connectivity index is 2.35. The molecule has 0 fully saturated rings. The minimum absolute atomic E-state index is 0.121. The van der Waals surface area contributed by atoms with Crippen LogP contribution in [0.25, 0.3) is 0 Å². The molecule has 0 aliphatic rings. The SMILES string of the molecule is COC(CNC(=O)c1cnon1)OC. The smallest absolute Gasteiger partial charge is 0.275 e. The van der Waals surface area contributed by atoms with E-state index in [-0.39, 0.29) is 18.1 Å². The second-order valence-electron chi connectivity index (χ2n) is 2.40. The number of methoxy groups -OCH3 is 2. The number of rotatable bonds is 5. The number of carbonyl (C=O) groups excluding carboxylic acids is 1. The molecule has 0 aliphatic heterocycles. The summed E-state index contributed by atoms with van der Waals surface area (Å²) < 4.78 is 14.0. The van der Waals surface area contributed by atoms with E-state index in [2.05, 4.69) is 20.3 Å². The van der Waals surface area contributed by atoms with Gasteiger partial charge < -0.3 is 14.8 Å². The van der Waals surface area contributed by atoms with E-state index in [1.807, 2.05) is 0 Å². The van der Waals surface area contributed by atoms with Crippen LogP contribution in [0.1, 0.15) is 10.5 Å². The number of nitrogens with zero attached hydrogens (tertiary/aromatic N) is 2. The van der Waals surface area contributed by atoms with Crippen molar-refractivity contribution in [1.29, 1.82) is 0 Å². The summed E-state index contributed by atoms with van der Waals surface area (Å²) in [6.45, 7) is 0.235. The highest BCUT2D eigenvalue weighted by Gasteiger charge is 2.12. The van der Waals surface area contributed by atoms with Crippen LogP contribution in [0.3, 0.4) is 0 Å². The lowest BCUT2D eigenvalue weighted by atomic mass is 10.4. The van der Waals surface area contributed by atoms with Crippen molar-refractivity contribution in [1.82, 2.24) is 15.6 Å². The van der Waals surface area contributed by atoms with Crippen molar-refractivity contribution in [2.45, 2.75) is 6.29 Å². The van der Waals surface area contributed by atoms with E-state index in [4.69, 9.17) is 9.47 Å². The van der Waals surface area contributed by atoms with Crippen molar-refractivity contribution in [3.05, 3.63) is 11.9 Å². The van der Waals surface area contributed by atoms with Gasteiger partial charge in [-0.1, -0.05) is 5.16 Å². The van der Waals surface area contributed by atoms with Crippen molar-refractivity contribution in [2.75, 3.05) is 20.8 Å². The molecule has 0 saturated heterocycles. The first-order chi connectivity index (χ1) is 6.77. The van der Waals surface area contributed by atoms with Gasteiger partial charge in [-0.15, -0.1) is 0 Å². The fourth-order valence-corrected chi connectivity index (χ4v) is 0.794. The molecule has 1 heterocycles. The van der Waals surface area contributed by atoms with Gasteiger partial charge in [-0.3, -0.25) is 4.79 Å². The fourth-order valence-electron chi connectivity index (χ4n) is 0.794. The first-order valence-corrected chi connectivity index (χ1v) is 3.89. The van der Waals surface area contributed by atoms with Crippen LogP contribution in [-0.4, -0.2) is 43.3 Å². The molecule has 0 aromatic carbocycles. The Bertz CT molecular complexity index is 270. The second-order valence-corrected chi connectivity index (χ2v) is 2.40. The van der Waals surface area contributed by atoms with Crippen molar-refractivity contribution >= 4 is 5.91 Å². The third kappa shape index (κ3) is 2.79. The van der Waals surface area contributed by atoms with Crippen LogP contribution in [0.2, 0.25) is 0 Å². The van der Waals surface area contributed by atoms with Gasteiger partial charge >= 0.3 is 0 Å².